The number of anilines is 1. The van der Waals surface area contributed by atoms with Gasteiger partial charge >= 0.3 is 0 Å². The molecule has 0 amide bonds. The fraction of sp³-hybridized carbons (Fsp3) is 0.143. The van der Waals surface area contributed by atoms with Crippen molar-refractivity contribution in [3.05, 3.63) is 52.1 Å². The van der Waals surface area contributed by atoms with E-state index in [9.17, 15) is 0 Å². The lowest BCUT2D eigenvalue weighted by atomic mass is 10.3. The number of azo groups is 1. The van der Waals surface area contributed by atoms with Gasteiger partial charge in [0.25, 0.3) is 0 Å². The van der Waals surface area contributed by atoms with Gasteiger partial charge in [0.1, 0.15) is 0 Å². The molecule has 0 saturated heterocycles. The number of hydrogen-bond acceptors (Lipinski definition) is 3. The average molecular weight is 351 g/mol. The molecule has 0 aromatic heterocycles. The first-order valence-electron chi connectivity index (χ1n) is 5.60. The Morgan fingerprint density at radius 2 is 1.22 bits per heavy atom. The van der Waals surface area contributed by atoms with Crippen LogP contribution < -0.4 is 4.90 Å². The maximum absolute atomic E-state index is 4.21. The molecule has 2 aromatic carbocycles. The molecule has 3 nitrogen and oxygen atoms in total. The molecular formula is C14H14IN3. The van der Waals surface area contributed by atoms with Gasteiger partial charge in [-0.05, 0) is 71.1 Å². The van der Waals surface area contributed by atoms with Crippen LogP contribution >= 0.6 is 22.6 Å². The monoisotopic (exact) mass is 351 g/mol. The Labute approximate surface area is 121 Å². The van der Waals surface area contributed by atoms with Gasteiger partial charge in [0.15, 0.2) is 0 Å². The van der Waals surface area contributed by atoms with Gasteiger partial charge in [0.05, 0.1) is 11.4 Å². The molecule has 0 atom stereocenters. The van der Waals surface area contributed by atoms with Crippen molar-refractivity contribution < 1.29 is 0 Å². The van der Waals surface area contributed by atoms with E-state index < -0.39 is 0 Å². The average Bonchev–Trinajstić information content (AvgIpc) is 2.38. The molecule has 0 bridgehead atoms. The van der Waals surface area contributed by atoms with E-state index in [2.05, 4.69) is 37.7 Å². The van der Waals surface area contributed by atoms with Crippen molar-refractivity contribution in [1.82, 2.24) is 0 Å². The molecule has 0 spiro atoms. The molecule has 0 radical (unpaired) electrons. The molecule has 18 heavy (non-hydrogen) atoms. The molecule has 0 unspecified atom stereocenters. The van der Waals surface area contributed by atoms with Crippen molar-refractivity contribution >= 4 is 39.7 Å². The van der Waals surface area contributed by atoms with Gasteiger partial charge in [0, 0.05) is 23.4 Å². The van der Waals surface area contributed by atoms with Crippen molar-refractivity contribution in [3.8, 4) is 0 Å². The summed E-state index contributed by atoms with van der Waals surface area (Å²) in [5, 5.41) is 8.41. The van der Waals surface area contributed by atoms with Gasteiger partial charge in [-0.3, -0.25) is 0 Å². The van der Waals surface area contributed by atoms with Crippen LogP contribution in [0.1, 0.15) is 0 Å². The second kappa shape index (κ2) is 5.95. The normalized spacial score (nSPS) is 10.8. The van der Waals surface area contributed by atoms with Crippen LogP contribution in [0.3, 0.4) is 0 Å². The lowest BCUT2D eigenvalue weighted by Gasteiger charge is -2.11. The Bertz CT molecular complexity index is 530. The number of nitrogens with zero attached hydrogens (tertiary/aromatic N) is 3. The van der Waals surface area contributed by atoms with Crippen LogP contribution in [-0.2, 0) is 0 Å². The molecule has 0 aliphatic carbocycles. The zero-order chi connectivity index (χ0) is 13.0. The molecule has 0 fully saturated rings. The third kappa shape index (κ3) is 3.53. The van der Waals surface area contributed by atoms with Gasteiger partial charge < -0.3 is 4.90 Å². The van der Waals surface area contributed by atoms with Gasteiger partial charge in [0.2, 0.25) is 0 Å². The predicted molar refractivity (Wildman–Crippen MR) is 84.1 cm³/mol. The summed E-state index contributed by atoms with van der Waals surface area (Å²) < 4.78 is 1.20. The SMILES string of the molecule is CN(C)c1ccc(/N=N/c2ccc(I)cc2)cc1. The van der Waals surface area contributed by atoms with E-state index in [-0.39, 0.29) is 0 Å². The predicted octanol–water partition coefficient (Wildman–Crippen LogP) is 4.77. The van der Waals surface area contributed by atoms with Crippen LogP contribution in [-0.4, -0.2) is 14.1 Å². The molecule has 0 heterocycles. The molecule has 2 aromatic rings. The van der Waals surface area contributed by atoms with Crippen molar-refractivity contribution in [1.29, 1.82) is 0 Å². The fourth-order valence-electron chi connectivity index (χ4n) is 1.44. The lowest BCUT2D eigenvalue weighted by molar-refractivity contribution is 1.13. The van der Waals surface area contributed by atoms with Gasteiger partial charge in [-0.1, -0.05) is 0 Å². The van der Waals surface area contributed by atoms with Crippen LogP contribution in [0.4, 0.5) is 17.1 Å². The second-order valence-electron chi connectivity index (χ2n) is 4.09. The third-order valence-electron chi connectivity index (χ3n) is 2.47. The second-order valence-corrected chi connectivity index (χ2v) is 5.33. The first-order chi connectivity index (χ1) is 8.65. The van der Waals surface area contributed by atoms with Crippen LogP contribution in [0.2, 0.25) is 0 Å². The van der Waals surface area contributed by atoms with E-state index in [4.69, 9.17) is 0 Å². The highest BCUT2D eigenvalue weighted by Crippen LogP contribution is 2.21. The van der Waals surface area contributed by atoms with E-state index in [1.54, 1.807) is 0 Å². The van der Waals surface area contributed by atoms with E-state index in [0.29, 0.717) is 0 Å². The zero-order valence-electron chi connectivity index (χ0n) is 10.3. The molecule has 4 heteroatoms. The van der Waals surface area contributed by atoms with Crippen molar-refractivity contribution in [2.24, 2.45) is 10.2 Å². The minimum atomic E-state index is 0.860. The van der Waals surface area contributed by atoms with E-state index in [1.807, 2.05) is 62.6 Å². The van der Waals surface area contributed by atoms with E-state index in [1.165, 1.54) is 3.57 Å². The Morgan fingerprint density at radius 3 is 1.67 bits per heavy atom. The number of benzene rings is 2. The molecule has 2 rings (SSSR count). The Balaban J connectivity index is 2.11. The Morgan fingerprint density at radius 1 is 0.778 bits per heavy atom. The Kier molecular flexibility index (Phi) is 4.30. The smallest absolute Gasteiger partial charge is 0.0858 e. The summed E-state index contributed by atoms with van der Waals surface area (Å²) in [6.45, 7) is 0. The topological polar surface area (TPSA) is 28.0 Å². The third-order valence-corrected chi connectivity index (χ3v) is 3.19. The van der Waals surface area contributed by atoms with E-state index >= 15 is 0 Å². The molecular weight excluding hydrogens is 337 g/mol. The van der Waals surface area contributed by atoms with Crippen molar-refractivity contribution in [2.75, 3.05) is 19.0 Å². The summed E-state index contributed by atoms with van der Waals surface area (Å²) in [5.74, 6) is 0. The fourth-order valence-corrected chi connectivity index (χ4v) is 1.80. The summed E-state index contributed by atoms with van der Waals surface area (Å²) in [6, 6.07) is 15.9. The highest BCUT2D eigenvalue weighted by atomic mass is 127. The molecule has 0 aliphatic rings. The van der Waals surface area contributed by atoms with E-state index in [0.717, 1.165) is 17.1 Å². The summed E-state index contributed by atoms with van der Waals surface area (Å²) in [6.07, 6.45) is 0. The van der Waals surface area contributed by atoms with Gasteiger partial charge in [-0.15, -0.1) is 0 Å². The quantitative estimate of drug-likeness (QED) is 0.578. The highest BCUT2D eigenvalue weighted by molar-refractivity contribution is 14.1. The maximum Gasteiger partial charge on any atom is 0.0858 e. The largest absolute Gasteiger partial charge is 0.378 e. The zero-order valence-corrected chi connectivity index (χ0v) is 12.5. The number of rotatable bonds is 3. The highest BCUT2D eigenvalue weighted by Gasteiger charge is 1.95. The lowest BCUT2D eigenvalue weighted by Crippen LogP contribution is -2.07. The molecule has 92 valence electrons. The Hall–Kier alpha value is -1.43. The van der Waals surface area contributed by atoms with Gasteiger partial charge in [-0.25, -0.2) is 0 Å². The van der Waals surface area contributed by atoms with Crippen LogP contribution in [0.15, 0.2) is 58.8 Å². The van der Waals surface area contributed by atoms with Crippen LogP contribution in [0.5, 0.6) is 0 Å². The first kappa shape index (κ1) is 13.0. The summed E-state index contributed by atoms with van der Waals surface area (Å²) in [4.78, 5) is 2.06. The maximum atomic E-state index is 4.21. The summed E-state index contributed by atoms with van der Waals surface area (Å²) >= 11 is 2.27. The molecule has 0 saturated carbocycles. The minimum absolute atomic E-state index is 0.860. The van der Waals surface area contributed by atoms with Crippen molar-refractivity contribution in [2.45, 2.75) is 0 Å². The summed E-state index contributed by atoms with van der Waals surface area (Å²) in [7, 11) is 4.03. The molecule has 0 aliphatic heterocycles. The number of hydrogen-bond donors (Lipinski definition) is 0. The van der Waals surface area contributed by atoms with Crippen LogP contribution in [0, 0.1) is 3.57 Å². The number of halogens is 1. The summed E-state index contributed by atoms with van der Waals surface area (Å²) in [5.41, 5.74) is 2.88. The minimum Gasteiger partial charge on any atom is -0.378 e. The standard InChI is InChI=1S/C14H14IN3/c1-18(2)14-9-7-13(8-10-14)17-16-12-5-3-11(15)4-6-12/h3-10H,1-2H3/b17-16+. The van der Waals surface area contributed by atoms with Gasteiger partial charge in [-0.2, -0.15) is 10.2 Å². The van der Waals surface area contributed by atoms with Crippen LogP contribution in [0.25, 0.3) is 0 Å². The van der Waals surface area contributed by atoms with Crippen molar-refractivity contribution in [3.63, 3.8) is 0 Å². The first-order valence-corrected chi connectivity index (χ1v) is 6.68. The molecule has 0 N–H and O–H groups in total.